The number of sulfonamides is 2. The van der Waals surface area contributed by atoms with Crippen molar-refractivity contribution in [3.05, 3.63) is 54.1 Å². The summed E-state index contributed by atoms with van der Waals surface area (Å²) in [4.78, 5) is 24.7. The van der Waals surface area contributed by atoms with E-state index in [4.69, 9.17) is 0 Å². The van der Waals surface area contributed by atoms with E-state index in [1.54, 1.807) is 24.3 Å². The normalized spacial score (nSPS) is 19.8. The van der Waals surface area contributed by atoms with Gasteiger partial charge < -0.3 is 5.32 Å². The lowest BCUT2D eigenvalue weighted by atomic mass is 10.1. The fourth-order valence-electron chi connectivity index (χ4n) is 3.51. The highest BCUT2D eigenvalue weighted by molar-refractivity contribution is 7.94. The van der Waals surface area contributed by atoms with Gasteiger partial charge in [0.25, 0.3) is 5.91 Å². The first-order valence-corrected chi connectivity index (χ1v) is 12.5. The zero-order valence-corrected chi connectivity index (χ0v) is 17.4. The van der Waals surface area contributed by atoms with Gasteiger partial charge in [-0.3, -0.25) is 13.9 Å². The van der Waals surface area contributed by atoms with E-state index in [0.29, 0.717) is 24.3 Å². The number of nitrogens with zero attached hydrogens (tertiary/aromatic N) is 2. The van der Waals surface area contributed by atoms with Crippen LogP contribution in [0.15, 0.2) is 48.5 Å². The van der Waals surface area contributed by atoms with Crippen LogP contribution in [0.1, 0.15) is 23.2 Å². The van der Waals surface area contributed by atoms with E-state index in [2.05, 4.69) is 5.32 Å². The molecule has 2 aliphatic heterocycles. The minimum atomic E-state index is -3.73. The fourth-order valence-corrected chi connectivity index (χ4v) is 6.52. The summed E-state index contributed by atoms with van der Waals surface area (Å²) in [5.41, 5.74) is 1.14. The maximum atomic E-state index is 12.7. The second-order valence-corrected chi connectivity index (χ2v) is 11.0. The Kier molecular flexibility index (Phi) is 5.02. The molecule has 0 radical (unpaired) electrons. The van der Waals surface area contributed by atoms with Gasteiger partial charge in [0.1, 0.15) is 0 Å². The standard InChI is InChI=1S/C19H19N3O6S2/c23-18-8-11-30(27,28)22(18)17-7-1-4-14(12-17)19(24)20-15-5-2-6-16(13-15)21-9-3-10-29(21,25)26/h1-2,4-7,12-13H,3,8-11H2,(H,20,24). The van der Waals surface area contributed by atoms with E-state index in [0.717, 1.165) is 4.31 Å². The number of nitrogens with one attached hydrogen (secondary N) is 1. The van der Waals surface area contributed by atoms with E-state index >= 15 is 0 Å². The summed E-state index contributed by atoms with van der Waals surface area (Å²) in [6.07, 6.45) is 0.453. The molecule has 2 aromatic carbocycles. The number of amides is 2. The van der Waals surface area contributed by atoms with Gasteiger partial charge in [-0.05, 0) is 42.8 Å². The largest absolute Gasteiger partial charge is 0.322 e. The number of hydrogen-bond donors (Lipinski definition) is 1. The molecule has 0 unspecified atom stereocenters. The maximum absolute atomic E-state index is 12.7. The predicted octanol–water partition coefficient (Wildman–Crippen LogP) is 1.55. The molecule has 0 bridgehead atoms. The number of rotatable bonds is 4. The molecule has 2 amide bonds. The summed E-state index contributed by atoms with van der Waals surface area (Å²) >= 11 is 0. The maximum Gasteiger partial charge on any atom is 0.255 e. The van der Waals surface area contributed by atoms with Crippen LogP contribution in [0.25, 0.3) is 0 Å². The van der Waals surface area contributed by atoms with Crippen LogP contribution in [0.4, 0.5) is 17.1 Å². The Balaban J connectivity index is 1.57. The van der Waals surface area contributed by atoms with E-state index in [1.807, 2.05) is 0 Å². The molecule has 9 nitrogen and oxygen atoms in total. The van der Waals surface area contributed by atoms with E-state index in [-0.39, 0.29) is 29.2 Å². The molecule has 2 heterocycles. The van der Waals surface area contributed by atoms with Crippen LogP contribution in [0, 0.1) is 0 Å². The molecular formula is C19H19N3O6S2. The number of carbonyl (C=O) groups excluding carboxylic acids is 2. The second kappa shape index (κ2) is 7.40. The van der Waals surface area contributed by atoms with Crippen molar-refractivity contribution in [2.75, 3.05) is 32.0 Å². The van der Waals surface area contributed by atoms with Crippen LogP contribution >= 0.6 is 0 Å². The minimum absolute atomic E-state index is 0.0918. The molecular weight excluding hydrogens is 430 g/mol. The monoisotopic (exact) mass is 449 g/mol. The van der Waals surface area contributed by atoms with Gasteiger partial charge in [-0.15, -0.1) is 0 Å². The van der Waals surface area contributed by atoms with Gasteiger partial charge in [0, 0.05) is 24.2 Å². The first-order chi connectivity index (χ1) is 14.2. The average molecular weight is 450 g/mol. The van der Waals surface area contributed by atoms with Crippen molar-refractivity contribution >= 4 is 48.9 Å². The Morgan fingerprint density at radius 3 is 2.30 bits per heavy atom. The number of benzene rings is 2. The molecule has 4 rings (SSSR count). The van der Waals surface area contributed by atoms with Crippen LogP contribution < -0.4 is 13.9 Å². The van der Waals surface area contributed by atoms with Crippen molar-refractivity contribution in [1.29, 1.82) is 0 Å². The molecule has 2 aromatic rings. The minimum Gasteiger partial charge on any atom is -0.322 e. The van der Waals surface area contributed by atoms with Crippen molar-refractivity contribution in [1.82, 2.24) is 0 Å². The third-order valence-corrected chi connectivity index (χ3v) is 8.47. The van der Waals surface area contributed by atoms with Crippen LogP contribution in [-0.4, -0.2) is 46.7 Å². The van der Waals surface area contributed by atoms with Gasteiger partial charge in [0.05, 0.1) is 22.9 Å². The smallest absolute Gasteiger partial charge is 0.255 e. The molecule has 0 atom stereocenters. The molecule has 2 fully saturated rings. The Labute approximate surface area is 174 Å². The molecule has 0 spiro atoms. The number of anilines is 3. The quantitative estimate of drug-likeness (QED) is 0.756. The first-order valence-electron chi connectivity index (χ1n) is 9.25. The molecule has 0 aromatic heterocycles. The number of carbonyl (C=O) groups is 2. The van der Waals surface area contributed by atoms with Crippen molar-refractivity contribution in [2.45, 2.75) is 12.8 Å². The lowest BCUT2D eigenvalue weighted by molar-refractivity contribution is -0.116. The fraction of sp³-hybridized carbons (Fsp3) is 0.263. The first kappa shape index (κ1) is 20.4. The molecule has 2 aliphatic rings. The lowest BCUT2D eigenvalue weighted by Crippen LogP contribution is -2.29. The van der Waals surface area contributed by atoms with Crippen LogP contribution in [0.5, 0.6) is 0 Å². The van der Waals surface area contributed by atoms with Gasteiger partial charge in [-0.25, -0.2) is 21.1 Å². The SMILES string of the molecule is O=C(Nc1cccc(N2CCCS2(=O)=O)c1)c1cccc(N2C(=O)CCS2(=O)=O)c1. The summed E-state index contributed by atoms with van der Waals surface area (Å²) in [5, 5.41) is 2.69. The summed E-state index contributed by atoms with van der Waals surface area (Å²) in [7, 11) is -7.07. The Bertz CT molecular complexity index is 1240. The second-order valence-electron chi connectivity index (χ2n) is 7.02. The van der Waals surface area contributed by atoms with Crippen molar-refractivity contribution < 1.29 is 26.4 Å². The summed E-state index contributed by atoms with van der Waals surface area (Å²) < 4.78 is 50.5. The average Bonchev–Trinajstić information content (AvgIpc) is 3.19. The summed E-state index contributed by atoms with van der Waals surface area (Å²) in [5.74, 6) is -1.21. The molecule has 11 heteroatoms. The third kappa shape index (κ3) is 3.77. The Hall–Kier alpha value is -2.92. The summed E-state index contributed by atoms with van der Waals surface area (Å²) in [6.45, 7) is 0.389. The van der Waals surface area contributed by atoms with Crippen LogP contribution in [0.3, 0.4) is 0 Å². The van der Waals surface area contributed by atoms with Crippen molar-refractivity contribution in [3.63, 3.8) is 0 Å². The van der Waals surface area contributed by atoms with Gasteiger partial charge in [-0.1, -0.05) is 12.1 Å². The van der Waals surface area contributed by atoms with E-state index in [1.165, 1.54) is 28.6 Å². The van der Waals surface area contributed by atoms with E-state index < -0.39 is 31.9 Å². The molecule has 0 aliphatic carbocycles. The lowest BCUT2D eigenvalue weighted by Gasteiger charge is -2.18. The topological polar surface area (TPSA) is 121 Å². The Morgan fingerprint density at radius 2 is 1.63 bits per heavy atom. The van der Waals surface area contributed by atoms with Gasteiger partial charge in [0.2, 0.25) is 26.0 Å². The predicted molar refractivity (Wildman–Crippen MR) is 112 cm³/mol. The molecule has 30 heavy (non-hydrogen) atoms. The Morgan fingerprint density at radius 1 is 0.900 bits per heavy atom. The number of hydrogen-bond acceptors (Lipinski definition) is 6. The van der Waals surface area contributed by atoms with Gasteiger partial charge in [-0.2, -0.15) is 0 Å². The van der Waals surface area contributed by atoms with E-state index in [9.17, 15) is 26.4 Å². The highest BCUT2D eigenvalue weighted by Crippen LogP contribution is 2.28. The van der Waals surface area contributed by atoms with Gasteiger partial charge >= 0.3 is 0 Å². The van der Waals surface area contributed by atoms with Crippen LogP contribution in [-0.2, 0) is 24.8 Å². The highest BCUT2D eigenvalue weighted by atomic mass is 32.2. The van der Waals surface area contributed by atoms with Crippen molar-refractivity contribution in [3.8, 4) is 0 Å². The molecule has 2 saturated heterocycles. The van der Waals surface area contributed by atoms with Crippen molar-refractivity contribution in [2.24, 2.45) is 0 Å². The molecule has 0 saturated carbocycles. The summed E-state index contributed by atoms with van der Waals surface area (Å²) in [6, 6.07) is 12.3. The third-order valence-electron chi connectivity index (χ3n) is 4.91. The molecule has 158 valence electrons. The highest BCUT2D eigenvalue weighted by Gasteiger charge is 2.36. The van der Waals surface area contributed by atoms with Gasteiger partial charge in [0.15, 0.2) is 0 Å². The zero-order valence-electron chi connectivity index (χ0n) is 15.8. The zero-order chi connectivity index (χ0) is 21.5. The van der Waals surface area contributed by atoms with Crippen LogP contribution in [0.2, 0.25) is 0 Å². The molecule has 1 N–H and O–H groups in total.